The molecule has 0 spiro atoms. The second kappa shape index (κ2) is 7.55. The van der Waals surface area contributed by atoms with Gasteiger partial charge in [-0.15, -0.1) is 0 Å². The number of hydrogen-bond donors (Lipinski definition) is 0. The molecular formula is C24H34. The smallest absolute Gasteiger partial charge is 0.0132 e. The predicted molar refractivity (Wildman–Crippen MR) is 107 cm³/mol. The molecule has 0 heterocycles. The maximum Gasteiger partial charge on any atom is -0.0132 e. The summed E-state index contributed by atoms with van der Waals surface area (Å²) in [5.41, 5.74) is 6.27. The Morgan fingerprint density at radius 1 is 0.500 bits per heavy atom. The molecule has 0 unspecified atom stereocenters. The maximum atomic E-state index is 2.30. The highest BCUT2D eigenvalue weighted by Gasteiger charge is 2.13. The zero-order valence-corrected chi connectivity index (χ0v) is 16.4. The number of unbranched alkanes of at least 4 members (excludes halogenated alkanes) is 1. The van der Waals surface area contributed by atoms with Gasteiger partial charge >= 0.3 is 0 Å². The molecule has 0 bridgehead atoms. The minimum absolute atomic E-state index is 0.248. The lowest BCUT2D eigenvalue weighted by Crippen LogP contribution is -2.10. The highest BCUT2D eigenvalue weighted by atomic mass is 14.2. The van der Waals surface area contributed by atoms with Gasteiger partial charge in [0.1, 0.15) is 0 Å². The molecule has 0 aromatic heterocycles. The Hall–Kier alpha value is -1.56. The van der Waals surface area contributed by atoms with Crippen LogP contribution in [-0.2, 0) is 23.7 Å². The topological polar surface area (TPSA) is 0 Å². The molecule has 2 rings (SSSR count). The molecule has 0 saturated carbocycles. The second-order valence-electron chi connectivity index (χ2n) is 9.10. The molecule has 0 atom stereocenters. The Morgan fingerprint density at radius 3 is 1.04 bits per heavy atom. The molecule has 0 amide bonds. The molecule has 0 heteroatoms. The number of aryl methyl sites for hydroxylation is 2. The molecule has 0 N–H and O–H groups in total. The van der Waals surface area contributed by atoms with Crippen LogP contribution in [0.1, 0.15) is 76.6 Å². The summed E-state index contributed by atoms with van der Waals surface area (Å²) in [7, 11) is 0. The largest absolute Gasteiger partial charge is 0.0588 e. The first kappa shape index (κ1) is 18.8. The first-order chi connectivity index (χ1) is 11.2. The number of benzene rings is 2. The van der Waals surface area contributed by atoms with Crippen LogP contribution in [0.5, 0.6) is 0 Å². The first-order valence-electron chi connectivity index (χ1n) is 9.35. The van der Waals surface area contributed by atoms with Crippen molar-refractivity contribution in [2.75, 3.05) is 0 Å². The molecule has 0 radical (unpaired) electrons. The lowest BCUT2D eigenvalue weighted by Gasteiger charge is -2.19. The fraction of sp³-hybridized carbons (Fsp3) is 0.500. The Bertz CT molecular complexity index is 556. The van der Waals surface area contributed by atoms with Crippen molar-refractivity contribution < 1.29 is 0 Å². The Kier molecular flexibility index (Phi) is 5.91. The number of hydrogen-bond acceptors (Lipinski definition) is 0. The van der Waals surface area contributed by atoms with E-state index in [-0.39, 0.29) is 10.8 Å². The highest BCUT2D eigenvalue weighted by Crippen LogP contribution is 2.24. The van der Waals surface area contributed by atoms with Crippen LogP contribution in [0.2, 0.25) is 0 Å². The second-order valence-corrected chi connectivity index (χ2v) is 9.10. The summed E-state index contributed by atoms with van der Waals surface area (Å²) in [5.74, 6) is 0. The van der Waals surface area contributed by atoms with E-state index in [2.05, 4.69) is 90.1 Å². The Morgan fingerprint density at radius 2 is 0.792 bits per heavy atom. The van der Waals surface area contributed by atoms with Crippen LogP contribution in [0.3, 0.4) is 0 Å². The fourth-order valence-electron chi connectivity index (χ4n) is 3.00. The van der Waals surface area contributed by atoms with Crippen LogP contribution in [0.25, 0.3) is 0 Å². The van der Waals surface area contributed by atoms with E-state index in [9.17, 15) is 0 Å². The molecule has 0 aliphatic rings. The van der Waals surface area contributed by atoms with Gasteiger partial charge in [0.2, 0.25) is 0 Å². The molecule has 24 heavy (non-hydrogen) atoms. The minimum atomic E-state index is 0.248. The van der Waals surface area contributed by atoms with E-state index in [1.165, 1.54) is 47.9 Å². The van der Waals surface area contributed by atoms with Crippen molar-refractivity contribution in [1.29, 1.82) is 0 Å². The Labute approximate surface area is 149 Å². The van der Waals surface area contributed by atoms with Crippen molar-refractivity contribution in [1.82, 2.24) is 0 Å². The summed E-state index contributed by atoms with van der Waals surface area (Å²) in [5, 5.41) is 0. The van der Waals surface area contributed by atoms with E-state index < -0.39 is 0 Å². The molecule has 2 aromatic rings. The van der Waals surface area contributed by atoms with E-state index in [0.29, 0.717) is 0 Å². The first-order valence-corrected chi connectivity index (χ1v) is 9.35. The zero-order valence-electron chi connectivity index (χ0n) is 16.4. The molecule has 2 aromatic carbocycles. The fourth-order valence-corrected chi connectivity index (χ4v) is 3.00. The van der Waals surface area contributed by atoms with Crippen LogP contribution < -0.4 is 0 Å². The molecule has 0 fully saturated rings. The maximum absolute atomic E-state index is 2.30. The van der Waals surface area contributed by atoms with Gasteiger partial charge in [-0.1, -0.05) is 90.1 Å². The van der Waals surface area contributed by atoms with Gasteiger partial charge in [0, 0.05) is 0 Å². The predicted octanol–water partition coefficient (Wildman–Crippen LogP) is 6.85. The zero-order chi connectivity index (χ0) is 17.8. The van der Waals surface area contributed by atoms with Gasteiger partial charge in [0.05, 0.1) is 0 Å². The molecular weight excluding hydrogens is 288 g/mol. The monoisotopic (exact) mass is 322 g/mol. The van der Waals surface area contributed by atoms with E-state index in [4.69, 9.17) is 0 Å². The quantitative estimate of drug-likeness (QED) is 0.528. The average molecular weight is 323 g/mol. The van der Waals surface area contributed by atoms with Crippen LogP contribution >= 0.6 is 0 Å². The normalized spacial score (nSPS) is 12.4. The molecule has 0 saturated heterocycles. The standard InChI is InChI=1S/C24H34/c1-23(2,3)21-15-11-19(12-16-21)9-7-8-10-20-13-17-22(18-14-20)24(4,5)6/h11-18H,7-10H2,1-6H3. The van der Waals surface area contributed by atoms with Crippen LogP contribution in [0.4, 0.5) is 0 Å². The van der Waals surface area contributed by atoms with Gasteiger partial charge in [0.25, 0.3) is 0 Å². The van der Waals surface area contributed by atoms with E-state index in [0.717, 1.165) is 0 Å². The van der Waals surface area contributed by atoms with E-state index >= 15 is 0 Å². The summed E-state index contributed by atoms with van der Waals surface area (Å²) < 4.78 is 0. The lowest BCUT2D eigenvalue weighted by atomic mass is 9.86. The van der Waals surface area contributed by atoms with Crippen molar-refractivity contribution >= 4 is 0 Å². The third kappa shape index (κ3) is 5.51. The molecule has 0 aliphatic carbocycles. The average Bonchev–Trinajstić information content (AvgIpc) is 2.51. The summed E-state index contributed by atoms with van der Waals surface area (Å²) in [6.45, 7) is 13.6. The SMILES string of the molecule is CC(C)(C)c1ccc(CCCCc2ccc(C(C)(C)C)cc2)cc1. The van der Waals surface area contributed by atoms with Gasteiger partial charge in [-0.2, -0.15) is 0 Å². The third-order valence-corrected chi connectivity index (χ3v) is 4.82. The van der Waals surface area contributed by atoms with Crippen LogP contribution in [0, 0.1) is 0 Å². The van der Waals surface area contributed by atoms with E-state index in [1.807, 2.05) is 0 Å². The third-order valence-electron chi connectivity index (χ3n) is 4.82. The van der Waals surface area contributed by atoms with E-state index in [1.54, 1.807) is 0 Å². The highest BCUT2D eigenvalue weighted by molar-refractivity contribution is 5.28. The van der Waals surface area contributed by atoms with Gasteiger partial charge in [0.15, 0.2) is 0 Å². The summed E-state index contributed by atoms with van der Waals surface area (Å²) in [6.07, 6.45) is 4.89. The van der Waals surface area contributed by atoms with Crippen molar-refractivity contribution in [2.24, 2.45) is 0 Å². The summed E-state index contributed by atoms with van der Waals surface area (Å²) >= 11 is 0. The van der Waals surface area contributed by atoms with Crippen molar-refractivity contribution in [2.45, 2.75) is 78.1 Å². The van der Waals surface area contributed by atoms with Crippen LogP contribution in [0.15, 0.2) is 48.5 Å². The molecule has 130 valence electrons. The Balaban J connectivity index is 1.79. The van der Waals surface area contributed by atoms with Crippen molar-refractivity contribution in [3.8, 4) is 0 Å². The van der Waals surface area contributed by atoms with Gasteiger partial charge in [-0.3, -0.25) is 0 Å². The van der Waals surface area contributed by atoms with Gasteiger partial charge in [-0.25, -0.2) is 0 Å². The van der Waals surface area contributed by atoms with Gasteiger partial charge in [-0.05, 0) is 58.8 Å². The van der Waals surface area contributed by atoms with Gasteiger partial charge < -0.3 is 0 Å². The summed E-state index contributed by atoms with van der Waals surface area (Å²) in [6, 6.07) is 18.4. The van der Waals surface area contributed by atoms with Crippen LogP contribution in [-0.4, -0.2) is 0 Å². The minimum Gasteiger partial charge on any atom is -0.0588 e. The van der Waals surface area contributed by atoms with Crippen molar-refractivity contribution in [3.63, 3.8) is 0 Å². The number of rotatable bonds is 5. The van der Waals surface area contributed by atoms with Crippen molar-refractivity contribution in [3.05, 3.63) is 70.8 Å². The summed E-state index contributed by atoms with van der Waals surface area (Å²) in [4.78, 5) is 0. The molecule has 0 aliphatic heterocycles. The lowest BCUT2D eigenvalue weighted by molar-refractivity contribution is 0.589. The molecule has 0 nitrogen and oxygen atoms in total.